The van der Waals surface area contributed by atoms with Gasteiger partial charge in [0.05, 0.1) is 11.9 Å². The van der Waals surface area contributed by atoms with Gasteiger partial charge in [-0.2, -0.15) is 0 Å². The lowest BCUT2D eigenvalue weighted by Crippen LogP contribution is -2.37. The van der Waals surface area contributed by atoms with Crippen LogP contribution in [0.4, 0.5) is 0 Å². The first-order chi connectivity index (χ1) is 12.5. The standard InChI is InChI=1S/C21H25N3OS/c1-13-7-8-16(10-14(13)2)17-12-26-21-19(17)20(25)22-18(23-21)11-24-9-5-4-6-15(24)3/h7-8,10,12,15H,4-6,9,11H2,1-3H3,(H,22,23,25)/t15-/m0/s1. The molecule has 5 heteroatoms. The Morgan fingerprint density at radius 1 is 1.27 bits per heavy atom. The molecule has 26 heavy (non-hydrogen) atoms. The highest BCUT2D eigenvalue weighted by Gasteiger charge is 2.20. The number of aryl methyl sites for hydroxylation is 2. The first kappa shape index (κ1) is 17.4. The average molecular weight is 368 g/mol. The number of benzene rings is 1. The van der Waals surface area contributed by atoms with Crippen molar-refractivity contribution in [3.8, 4) is 11.1 Å². The van der Waals surface area contributed by atoms with Crippen LogP contribution in [0.2, 0.25) is 0 Å². The Labute approximate surface area is 157 Å². The number of rotatable bonds is 3. The molecule has 0 unspecified atom stereocenters. The summed E-state index contributed by atoms with van der Waals surface area (Å²) in [5, 5.41) is 2.78. The Morgan fingerprint density at radius 2 is 2.12 bits per heavy atom. The van der Waals surface area contributed by atoms with Crippen molar-refractivity contribution in [2.75, 3.05) is 6.54 Å². The number of thiophene rings is 1. The lowest BCUT2D eigenvalue weighted by Gasteiger charge is -2.32. The van der Waals surface area contributed by atoms with Gasteiger partial charge in [-0.1, -0.05) is 24.6 Å². The first-order valence-corrected chi connectivity index (χ1v) is 10.2. The van der Waals surface area contributed by atoms with Crippen LogP contribution in [0.15, 0.2) is 28.4 Å². The number of aromatic nitrogens is 2. The van der Waals surface area contributed by atoms with Gasteiger partial charge < -0.3 is 4.98 Å². The second-order valence-corrected chi connectivity index (χ2v) is 8.31. The number of hydrogen-bond donors (Lipinski definition) is 1. The summed E-state index contributed by atoms with van der Waals surface area (Å²) in [5.41, 5.74) is 4.55. The van der Waals surface area contributed by atoms with Gasteiger partial charge in [0.1, 0.15) is 10.7 Å². The molecule has 1 atom stereocenters. The molecule has 4 rings (SSSR count). The van der Waals surface area contributed by atoms with Crippen molar-refractivity contribution >= 4 is 21.6 Å². The zero-order valence-electron chi connectivity index (χ0n) is 15.6. The molecule has 0 spiro atoms. The van der Waals surface area contributed by atoms with Gasteiger partial charge in [-0.25, -0.2) is 4.98 Å². The number of fused-ring (bicyclic) bond motifs is 1. The molecule has 136 valence electrons. The summed E-state index contributed by atoms with van der Waals surface area (Å²) in [4.78, 5) is 23.9. The van der Waals surface area contributed by atoms with E-state index in [9.17, 15) is 4.79 Å². The number of likely N-dealkylation sites (tertiary alicyclic amines) is 1. The molecule has 0 amide bonds. The van der Waals surface area contributed by atoms with Crippen molar-refractivity contribution < 1.29 is 0 Å². The average Bonchev–Trinajstić information content (AvgIpc) is 3.04. The molecule has 2 aromatic heterocycles. The fraction of sp³-hybridized carbons (Fsp3) is 0.429. The molecule has 3 aromatic rings. The van der Waals surface area contributed by atoms with E-state index in [4.69, 9.17) is 4.98 Å². The third kappa shape index (κ3) is 3.21. The topological polar surface area (TPSA) is 49.0 Å². The van der Waals surface area contributed by atoms with Crippen LogP contribution in [0.5, 0.6) is 0 Å². The molecule has 1 N–H and O–H groups in total. The van der Waals surface area contributed by atoms with Crippen LogP contribution in [-0.2, 0) is 6.54 Å². The minimum atomic E-state index is -0.0239. The minimum Gasteiger partial charge on any atom is -0.309 e. The third-order valence-electron chi connectivity index (χ3n) is 5.60. The number of piperidine rings is 1. The molecular weight excluding hydrogens is 342 g/mol. The van der Waals surface area contributed by atoms with Gasteiger partial charge in [0, 0.05) is 17.0 Å². The number of nitrogens with zero attached hydrogens (tertiary/aromatic N) is 2. The van der Waals surface area contributed by atoms with Crippen molar-refractivity contribution in [3.63, 3.8) is 0 Å². The summed E-state index contributed by atoms with van der Waals surface area (Å²) in [6.45, 7) is 8.28. The van der Waals surface area contributed by atoms with E-state index in [-0.39, 0.29) is 5.56 Å². The van der Waals surface area contributed by atoms with E-state index >= 15 is 0 Å². The molecular formula is C21H25N3OS. The van der Waals surface area contributed by atoms with E-state index in [1.165, 1.54) is 30.4 Å². The SMILES string of the molecule is Cc1ccc(-c2csc3nc(CN4CCCC[C@@H]4C)[nH]c(=O)c23)cc1C. The van der Waals surface area contributed by atoms with Crippen molar-refractivity contribution in [2.24, 2.45) is 0 Å². The van der Waals surface area contributed by atoms with Gasteiger partial charge in [-0.05, 0) is 56.8 Å². The quantitative estimate of drug-likeness (QED) is 0.733. The molecule has 1 aliphatic rings. The molecule has 4 nitrogen and oxygen atoms in total. The van der Waals surface area contributed by atoms with Crippen LogP contribution < -0.4 is 5.56 Å². The van der Waals surface area contributed by atoms with Crippen molar-refractivity contribution in [3.05, 3.63) is 50.9 Å². The molecule has 1 fully saturated rings. The maximum absolute atomic E-state index is 12.8. The van der Waals surface area contributed by atoms with E-state index in [0.717, 1.165) is 34.9 Å². The second kappa shape index (κ2) is 6.97. The maximum Gasteiger partial charge on any atom is 0.260 e. The molecule has 0 aliphatic carbocycles. The van der Waals surface area contributed by atoms with Gasteiger partial charge in [-0.15, -0.1) is 11.3 Å². The molecule has 1 saturated heterocycles. The van der Waals surface area contributed by atoms with Crippen LogP contribution in [0.3, 0.4) is 0 Å². The summed E-state index contributed by atoms with van der Waals surface area (Å²) < 4.78 is 0. The van der Waals surface area contributed by atoms with Crippen LogP contribution in [0, 0.1) is 13.8 Å². The number of hydrogen-bond acceptors (Lipinski definition) is 4. The minimum absolute atomic E-state index is 0.0239. The summed E-state index contributed by atoms with van der Waals surface area (Å²) in [6.07, 6.45) is 3.75. The highest BCUT2D eigenvalue weighted by molar-refractivity contribution is 7.17. The number of nitrogens with one attached hydrogen (secondary N) is 1. The monoisotopic (exact) mass is 367 g/mol. The Bertz CT molecular complexity index is 1000. The smallest absolute Gasteiger partial charge is 0.260 e. The van der Waals surface area contributed by atoms with Gasteiger partial charge in [0.25, 0.3) is 5.56 Å². The predicted octanol–water partition coefficient (Wildman–Crippen LogP) is 4.64. The summed E-state index contributed by atoms with van der Waals surface area (Å²) in [6, 6.07) is 6.91. The van der Waals surface area contributed by atoms with E-state index in [1.54, 1.807) is 11.3 Å². The molecule has 3 heterocycles. The molecule has 0 saturated carbocycles. The lowest BCUT2D eigenvalue weighted by molar-refractivity contribution is 0.149. The van der Waals surface area contributed by atoms with Gasteiger partial charge in [0.2, 0.25) is 0 Å². The normalized spacial score (nSPS) is 18.5. The Morgan fingerprint density at radius 3 is 2.88 bits per heavy atom. The van der Waals surface area contributed by atoms with Gasteiger partial charge in [-0.3, -0.25) is 9.69 Å². The van der Waals surface area contributed by atoms with Crippen LogP contribution in [-0.4, -0.2) is 27.5 Å². The molecule has 1 aliphatic heterocycles. The zero-order valence-corrected chi connectivity index (χ0v) is 16.4. The number of aromatic amines is 1. The van der Waals surface area contributed by atoms with E-state index in [0.29, 0.717) is 11.4 Å². The Hall–Kier alpha value is -1.98. The Balaban J connectivity index is 1.71. The summed E-state index contributed by atoms with van der Waals surface area (Å²) in [7, 11) is 0. The van der Waals surface area contributed by atoms with Crippen molar-refractivity contribution in [1.82, 2.24) is 14.9 Å². The highest BCUT2D eigenvalue weighted by Crippen LogP contribution is 2.32. The van der Waals surface area contributed by atoms with Crippen molar-refractivity contribution in [1.29, 1.82) is 0 Å². The van der Waals surface area contributed by atoms with E-state index in [1.807, 2.05) is 0 Å². The lowest BCUT2D eigenvalue weighted by atomic mass is 10.0. The first-order valence-electron chi connectivity index (χ1n) is 9.35. The molecule has 0 radical (unpaired) electrons. The van der Waals surface area contributed by atoms with Crippen LogP contribution >= 0.6 is 11.3 Å². The zero-order chi connectivity index (χ0) is 18.3. The summed E-state index contributed by atoms with van der Waals surface area (Å²) in [5.74, 6) is 0.782. The number of H-pyrrole nitrogens is 1. The van der Waals surface area contributed by atoms with Crippen LogP contribution in [0.25, 0.3) is 21.3 Å². The third-order valence-corrected chi connectivity index (χ3v) is 6.48. The van der Waals surface area contributed by atoms with Gasteiger partial charge in [0.15, 0.2) is 0 Å². The maximum atomic E-state index is 12.8. The van der Waals surface area contributed by atoms with Crippen LogP contribution in [0.1, 0.15) is 43.1 Å². The molecule has 0 bridgehead atoms. The van der Waals surface area contributed by atoms with E-state index in [2.05, 4.69) is 54.2 Å². The van der Waals surface area contributed by atoms with Crippen molar-refractivity contribution in [2.45, 2.75) is 52.6 Å². The Kier molecular flexibility index (Phi) is 4.67. The fourth-order valence-corrected chi connectivity index (χ4v) is 4.74. The second-order valence-electron chi connectivity index (χ2n) is 7.46. The highest BCUT2D eigenvalue weighted by atomic mass is 32.1. The largest absolute Gasteiger partial charge is 0.309 e. The van der Waals surface area contributed by atoms with Gasteiger partial charge >= 0.3 is 0 Å². The fourth-order valence-electron chi connectivity index (χ4n) is 3.77. The molecule has 1 aromatic carbocycles. The summed E-state index contributed by atoms with van der Waals surface area (Å²) >= 11 is 1.56. The predicted molar refractivity (Wildman–Crippen MR) is 109 cm³/mol. The van der Waals surface area contributed by atoms with E-state index < -0.39 is 0 Å².